The van der Waals surface area contributed by atoms with E-state index >= 15 is 0 Å². The number of sulfonamides is 1. The molecular formula is C14H15NO5S2. The van der Waals surface area contributed by atoms with E-state index in [-0.39, 0.29) is 15.5 Å². The summed E-state index contributed by atoms with van der Waals surface area (Å²) in [6.45, 7) is 1.91. The summed E-state index contributed by atoms with van der Waals surface area (Å²) in [4.78, 5) is -0.292. The Kier molecular flexibility index (Phi) is 4.55. The van der Waals surface area contributed by atoms with Crippen molar-refractivity contribution in [3.05, 3.63) is 54.1 Å². The predicted octanol–water partition coefficient (Wildman–Crippen LogP) is 2.30. The largest absolute Gasteiger partial charge is 0.294 e. The molecule has 0 fully saturated rings. The summed E-state index contributed by atoms with van der Waals surface area (Å²) in [5, 5.41) is 0. The molecule has 0 aliphatic carbocycles. The third-order valence-electron chi connectivity index (χ3n) is 3.00. The Morgan fingerprint density at radius 3 is 2.23 bits per heavy atom. The van der Waals surface area contributed by atoms with Gasteiger partial charge in [0.25, 0.3) is 20.1 Å². The average Bonchev–Trinajstić information content (AvgIpc) is 2.46. The molecular weight excluding hydrogens is 326 g/mol. The van der Waals surface area contributed by atoms with E-state index < -0.39 is 20.1 Å². The number of anilines is 1. The molecule has 2 aromatic rings. The highest BCUT2D eigenvalue weighted by Crippen LogP contribution is 2.20. The van der Waals surface area contributed by atoms with Crippen LogP contribution in [0.1, 0.15) is 12.5 Å². The van der Waals surface area contributed by atoms with Gasteiger partial charge in [-0.2, -0.15) is 8.42 Å². The third-order valence-corrected chi connectivity index (χ3v) is 5.23. The van der Waals surface area contributed by atoms with Gasteiger partial charge in [0.1, 0.15) is 0 Å². The van der Waals surface area contributed by atoms with Gasteiger partial charge in [-0.1, -0.05) is 25.1 Å². The Morgan fingerprint density at radius 2 is 1.59 bits per heavy atom. The third kappa shape index (κ3) is 3.85. The van der Waals surface area contributed by atoms with Crippen molar-refractivity contribution in [3.63, 3.8) is 0 Å². The molecule has 2 rings (SSSR count). The van der Waals surface area contributed by atoms with Crippen LogP contribution < -0.4 is 4.72 Å². The number of nitrogens with one attached hydrogen (secondary N) is 1. The van der Waals surface area contributed by atoms with Crippen LogP contribution in [0.15, 0.2) is 58.3 Å². The van der Waals surface area contributed by atoms with Crippen molar-refractivity contribution in [3.8, 4) is 0 Å². The molecule has 0 aliphatic heterocycles. The van der Waals surface area contributed by atoms with Crippen molar-refractivity contribution in [2.45, 2.75) is 23.1 Å². The van der Waals surface area contributed by atoms with Gasteiger partial charge in [-0.05, 0) is 42.3 Å². The summed E-state index contributed by atoms with van der Waals surface area (Å²) in [6, 6.07) is 11.4. The second-order valence-corrected chi connectivity index (χ2v) is 7.71. The Labute approximate surface area is 129 Å². The molecule has 0 bridgehead atoms. The minimum atomic E-state index is -4.39. The van der Waals surface area contributed by atoms with Crippen LogP contribution in [0.2, 0.25) is 0 Å². The Balaban J connectivity index is 2.37. The molecule has 0 aromatic heterocycles. The van der Waals surface area contributed by atoms with Crippen LogP contribution in [-0.4, -0.2) is 21.4 Å². The average molecular weight is 341 g/mol. The van der Waals surface area contributed by atoms with Gasteiger partial charge in [0.2, 0.25) is 0 Å². The van der Waals surface area contributed by atoms with Gasteiger partial charge >= 0.3 is 0 Å². The molecule has 6 nitrogen and oxygen atoms in total. The first-order valence-corrected chi connectivity index (χ1v) is 9.34. The fourth-order valence-electron chi connectivity index (χ4n) is 1.87. The Morgan fingerprint density at radius 1 is 0.955 bits per heavy atom. The zero-order chi connectivity index (χ0) is 16.4. The first kappa shape index (κ1) is 16.5. The lowest BCUT2D eigenvalue weighted by Gasteiger charge is -2.09. The van der Waals surface area contributed by atoms with Crippen molar-refractivity contribution in [2.75, 3.05) is 4.72 Å². The van der Waals surface area contributed by atoms with Crippen molar-refractivity contribution in [1.82, 2.24) is 0 Å². The summed E-state index contributed by atoms with van der Waals surface area (Å²) in [5.74, 6) is 0. The smallest absolute Gasteiger partial charge is 0.282 e. The van der Waals surface area contributed by atoms with Gasteiger partial charge in [0, 0.05) is 0 Å². The fraction of sp³-hybridized carbons (Fsp3) is 0.143. The van der Waals surface area contributed by atoms with Crippen LogP contribution in [0.25, 0.3) is 0 Å². The molecule has 0 amide bonds. The fourth-order valence-corrected chi connectivity index (χ4v) is 3.51. The van der Waals surface area contributed by atoms with E-state index in [9.17, 15) is 16.8 Å². The lowest BCUT2D eigenvalue weighted by atomic mass is 10.2. The molecule has 0 saturated carbocycles. The van der Waals surface area contributed by atoms with Gasteiger partial charge in [-0.25, -0.2) is 8.42 Å². The van der Waals surface area contributed by atoms with Crippen LogP contribution in [0, 0.1) is 0 Å². The van der Waals surface area contributed by atoms with Crippen LogP contribution >= 0.6 is 0 Å². The quantitative estimate of drug-likeness (QED) is 0.813. The van der Waals surface area contributed by atoms with Crippen LogP contribution in [0.3, 0.4) is 0 Å². The van der Waals surface area contributed by atoms with E-state index in [1.54, 1.807) is 12.1 Å². The number of hydrogen-bond donors (Lipinski definition) is 2. The highest BCUT2D eigenvalue weighted by molar-refractivity contribution is 7.92. The standard InChI is InChI=1S/C14H15NO5S2/c1-2-11-5-3-7-13(9-11)21(16,17)15-12-6-4-8-14(10-12)22(18,19)20/h3-10,15H,2H2,1H3,(H,18,19,20). The van der Waals surface area contributed by atoms with Gasteiger partial charge in [0.15, 0.2) is 0 Å². The summed E-state index contributed by atoms with van der Waals surface area (Å²) in [5.41, 5.74) is 0.923. The summed E-state index contributed by atoms with van der Waals surface area (Å²) in [7, 11) is -8.23. The van der Waals surface area contributed by atoms with Crippen LogP contribution in [0.5, 0.6) is 0 Å². The summed E-state index contributed by atoms with van der Waals surface area (Å²) < 4.78 is 58.1. The van der Waals surface area contributed by atoms with E-state index in [0.717, 1.165) is 11.6 Å². The minimum absolute atomic E-state index is 0.0528. The van der Waals surface area contributed by atoms with Gasteiger partial charge in [-0.3, -0.25) is 9.27 Å². The van der Waals surface area contributed by atoms with E-state index in [0.29, 0.717) is 6.42 Å². The Hall–Kier alpha value is -1.90. The van der Waals surface area contributed by atoms with Crippen molar-refractivity contribution >= 4 is 25.8 Å². The zero-order valence-electron chi connectivity index (χ0n) is 11.7. The van der Waals surface area contributed by atoms with E-state index in [1.807, 2.05) is 13.0 Å². The van der Waals surface area contributed by atoms with Gasteiger partial charge < -0.3 is 0 Å². The molecule has 0 saturated heterocycles. The van der Waals surface area contributed by atoms with Gasteiger partial charge in [0.05, 0.1) is 15.5 Å². The first-order valence-electron chi connectivity index (χ1n) is 6.42. The molecule has 0 heterocycles. The second kappa shape index (κ2) is 6.07. The maximum absolute atomic E-state index is 12.3. The molecule has 118 valence electrons. The molecule has 2 N–H and O–H groups in total. The molecule has 0 aliphatic rings. The number of rotatable bonds is 5. The lowest BCUT2D eigenvalue weighted by Crippen LogP contribution is -2.13. The van der Waals surface area contributed by atoms with E-state index in [1.165, 1.54) is 24.3 Å². The van der Waals surface area contributed by atoms with Gasteiger partial charge in [-0.15, -0.1) is 0 Å². The number of hydrogen-bond acceptors (Lipinski definition) is 4. The van der Waals surface area contributed by atoms with E-state index in [4.69, 9.17) is 4.55 Å². The van der Waals surface area contributed by atoms with Crippen molar-refractivity contribution < 1.29 is 21.4 Å². The molecule has 0 unspecified atom stereocenters. The predicted molar refractivity (Wildman–Crippen MR) is 82.9 cm³/mol. The van der Waals surface area contributed by atoms with E-state index in [2.05, 4.69) is 4.72 Å². The maximum atomic E-state index is 12.3. The highest BCUT2D eigenvalue weighted by atomic mass is 32.2. The monoisotopic (exact) mass is 341 g/mol. The molecule has 0 atom stereocenters. The highest BCUT2D eigenvalue weighted by Gasteiger charge is 2.16. The first-order chi connectivity index (χ1) is 10.2. The molecule has 22 heavy (non-hydrogen) atoms. The zero-order valence-corrected chi connectivity index (χ0v) is 13.4. The number of aryl methyl sites for hydroxylation is 1. The lowest BCUT2D eigenvalue weighted by molar-refractivity contribution is 0.483. The van der Waals surface area contributed by atoms with Crippen LogP contribution in [0.4, 0.5) is 5.69 Å². The minimum Gasteiger partial charge on any atom is -0.282 e. The number of benzene rings is 2. The maximum Gasteiger partial charge on any atom is 0.294 e. The molecule has 0 radical (unpaired) electrons. The molecule has 0 spiro atoms. The topological polar surface area (TPSA) is 101 Å². The SMILES string of the molecule is CCc1cccc(S(=O)(=O)Nc2cccc(S(=O)(=O)O)c2)c1. The normalized spacial score (nSPS) is 12.1. The summed E-state index contributed by atoms with van der Waals surface area (Å²) >= 11 is 0. The second-order valence-electron chi connectivity index (χ2n) is 4.61. The Bertz CT molecular complexity index is 889. The van der Waals surface area contributed by atoms with Crippen molar-refractivity contribution in [1.29, 1.82) is 0 Å². The van der Waals surface area contributed by atoms with Crippen molar-refractivity contribution in [2.24, 2.45) is 0 Å². The van der Waals surface area contributed by atoms with Crippen LogP contribution in [-0.2, 0) is 26.6 Å². The molecule has 2 aromatic carbocycles. The molecule has 8 heteroatoms. The summed E-state index contributed by atoms with van der Waals surface area (Å²) in [6.07, 6.45) is 0.696.